The normalized spacial score (nSPS) is 26.6. The fourth-order valence-corrected chi connectivity index (χ4v) is 4.30. The number of methoxy groups -OCH3 is 1. The Hall–Kier alpha value is -2.27. The topological polar surface area (TPSA) is 60.5 Å². The summed E-state index contributed by atoms with van der Waals surface area (Å²) in [5.74, 6) is -6.55. The number of halogens is 5. The molecule has 1 aromatic heterocycles. The predicted octanol–water partition coefficient (Wildman–Crippen LogP) is 4.82. The van der Waals surface area contributed by atoms with Gasteiger partial charge in [0.1, 0.15) is 6.10 Å². The highest BCUT2D eigenvalue weighted by Gasteiger charge is 2.65. The number of aromatic nitrogens is 1. The molecule has 2 heterocycles. The summed E-state index contributed by atoms with van der Waals surface area (Å²) in [6.07, 6.45) is -6.45. The number of hydrogen-bond donors (Lipinski definition) is 1. The van der Waals surface area contributed by atoms with Crippen LogP contribution in [-0.2, 0) is 9.53 Å². The lowest BCUT2D eigenvalue weighted by molar-refractivity contribution is -0.272. The van der Waals surface area contributed by atoms with Gasteiger partial charge >= 0.3 is 6.18 Å². The van der Waals surface area contributed by atoms with Crippen molar-refractivity contribution in [1.29, 1.82) is 0 Å². The van der Waals surface area contributed by atoms with Crippen molar-refractivity contribution in [2.24, 2.45) is 5.92 Å². The summed E-state index contributed by atoms with van der Waals surface area (Å²) in [4.78, 5) is 12.9. The maximum Gasteiger partial charge on any atom is 0.417 e. The van der Waals surface area contributed by atoms with Crippen molar-refractivity contribution in [3.05, 3.63) is 40.4 Å². The van der Waals surface area contributed by atoms with Crippen molar-refractivity contribution >= 4 is 23.1 Å². The standard InChI is InChI=1S/C19H19F5N2O3S/c1-8-13(10-5-6-11(20)14(21)15(10)28-4)16(29-18(8,3)19(22,23)24)17(27)25-12-7-30-26-9(12)2/h5-8,13,16H,1-4H3,(H,25,27)/t8-,13-,16+,18+/m0/s1. The van der Waals surface area contributed by atoms with Crippen molar-refractivity contribution in [3.63, 3.8) is 0 Å². The summed E-state index contributed by atoms with van der Waals surface area (Å²) < 4.78 is 83.8. The lowest BCUT2D eigenvalue weighted by Gasteiger charge is -2.32. The molecule has 5 nitrogen and oxygen atoms in total. The highest BCUT2D eigenvalue weighted by atomic mass is 32.1. The number of nitrogens with zero attached hydrogens (tertiary/aromatic N) is 1. The first-order valence-electron chi connectivity index (χ1n) is 8.90. The number of ether oxygens (including phenoxy) is 2. The summed E-state index contributed by atoms with van der Waals surface area (Å²) >= 11 is 1.07. The van der Waals surface area contributed by atoms with Crippen LogP contribution in [0.5, 0.6) is 5.75 Å². The summed E-state index contributed by atoms with van der Waals surface area (Å²) in [5.41, 5.74) is -1.97. The van der Waals surface area contributed by atoms with Gasteiger partial charge in [-0.2, -0.15) is 21.9 Å². The van der Waals surface area contributed by atoms with Gasteiger partial charge in [-0.25, -0.2) is 4.39 Å². The minimum absolute atomic E-state index is 0.0859. The van der Waals surface area contributed by atoms with Crippen LogP contribution in [0, 0.1) is 24.5 Å². The molecule has 3 rings (SSSR count). The van der Waals surface area contributed by atoms with Gasteiger partial charge in [0.05, 0.1) is 18.5 Å². The van der Waals surface area contributed by atoms with Crippen LogP contribution in [0.15, 0.2) is 17.5 Å². The predicted molar refractivity (Wildman–Crippen MR) is 99.6 cm³/mol. The van der Waals surface area contributed by atoms with Crippen molar-refractivity contribution in [1.82, 2.24) is 4.37 Å². The second-order valence-electron chi connectivity index (χ2n) is 7.24. The van der Waals surface area contributed by atoms with Gasteiger partial charge in [-0.15, -0.1) is 0 Å². The Morgan fingerprint density at radius 2 is 2.00 bits per heavy atom. The third-order valence-electron chi connectivity index (χ3n) is 5.58. The van der Waals surface area contributed by atoms with Crippen molar-refractivity contribution in [2.75, 3.05) is 12.4 Å². The highest BCUT2D eigenvalue weighted by molar-refractivity contribution is 7.04. The van der Waals surface area contributed by atoms with E-state index in [0.717, 1.165) is 37.7 Å². The van der Waals surface area contributed by atoms with Gasteiger partial charge in [0.25, 0.3) is 5.91 Å². The molecule has 0 spiro atoms. The Kier molecular flexibility index (Phi) is 5.80. The summed E-state index contributed by atoms with van der Waals surface area (Å²) in [5, 5.41) is 4.04. The SMILES string of the molecule is COc1c([C@H]2[C@H](C(=O)Nc3csnc3C)O[C@@](C)(C(F)(F)F)[C@H]2C)ccc(F)c1F. The van der Waals surface area contributed by atoms with Crippen molar-refractivity contribution in [3.8, 4) is 5.75 Å². The van der Waals surface area contributed by atoms with E-state index in [1.165, 1.54) is 12.3 Å². The number of aryl methyl sites for hydroxylation is 1. The number of nitrogens with one attached hydrogen (secondary N) is 1. The fraction of sp³-hybridized carbons (Fsp3) is 0.474. The van der Waals surface area contributed by atoms with Crippen LogP contribution in [0.4, 0.5) is 27.6 Å². The quantitative estimate of drug-likeness (QED) is 0.679. The highest BCUT2D eigenvalue weighted by Crippen LogP contribution is 2.55. The number of carbonyl (C=O) groups excluding carboxylic acids is 1. The van der Waals surface area contributed by atoms with E-state index >= 15 is 0 Å². The van der Waals surface area contributed by atoms with Gasteiger partial charge in [-0.1, -0.05) is 13.0 Å². The van der Waals surface area contributed by atoms with Crippen LogP contribution in [0.2, 0.25) is 0 Å². The number of anilines is 1. The average molecular weight is 450 g/mol. The smallest absolute Gasteiger partial charge is 0.417 e. The average Bonchev–Trinajstić information content (AvgIpc) is 3.19. The Balaban J connectivity index is 2.10. The molecular weight excluding hydrogens is 431 g/mol. The summed E-state index contributed by atoms with van der Waals surface area (Å²) in [7, 11) is 1.07. The molecule has 0 bridgehead atoms. The van der Waals surface area contributed by atoms with Crippen LogP contribution < -0.4 is 10.1 Å². The minimum Gasteiger partial charge on any atom is -0.493 e. The van der Waals surface area contributed by atoms with Crippen molar-refractivity contribution in [2.45, 2.75) is 44.6 Å². The van der Waals surface area contributed by atoms with Crippen LogP contribution in [-0.4, -0.2) is 35.3 Å². The van der Waals surface area contributed by atoms with E-state index in [2.05, 4.69) is 9.69 Å². The van der Waals surface area contributed by atoms with Crippen LogP contribution in [0.3, 0.4) is 0 Å². The molecule has 4 atom stereocenters. The van der Waals surface area contributed by atoms with E-state index in [1.807, 2.05) is 0 Å². The molecule has 30 heavy (non-hydrogen) atoms. The molecule has 1 aliphatic heterocycles. The molecule has 0 saturated carbocycles. The number of rotatable bonds is 4. The van der Waals surface area contributed by atoms with E-state index in [1.54, 1.807) is 6.92 Å². The van der Waals surface area contributed by atoms with Gasteiger partial charge in [-0.3, -0.25) is 4.79 Å². The number of benzene rings is 1. The Morgan fingerprint density at radius 3 is 2.53 bits per heavy atom. The van der Waals surface area contributed by atoms with E-state index < -0.39 is 53.0 Å². The second-order valence-corrected chi connectivity index (χ2v) is 7.87. The van der Waals surface area contributed by atoms with Gasteiger partial charge < -0.3 is 14.8 Å². The van der Waals surface area contributed by atoms with E-state index in [-0.39, 0.29) is 5.56 Å². The molecule has 1 aromatic carbocycles. The van der Waals surface area contributed by atoms with Gasteiger partial charge in [0.2, 0.25) is 5.82 Å². The minimum atomic E-state index is -4.81. The Labute approximate surface area is 173 Å². The van der Waals surface area contributed by atoms with Gasteiger partial charge in [0.15, 0.2) is 17.2 Å². The van der Waals surface area contributed by atoms with E-state index in [4.69, 9.17) is 9.47 Å². The molecular formula is C19H19F5N2O3S. The number of carbonyl (C=O) groups is 1. The maximum atomic E-state index is 14.3. The lowest BCUT2D eigenvalue weighted by Crippen LogP contribution is -2.47. The molecule has 1 N–H and O–H groups in total. The molecule has 0 radical (unpaired) electrons. The van der Waals surface area contributed by atoms with Crippen LogP contribution in [0.25, 0.3) is 0 Å². The Morgan fingerprint density at radius 1 is 1.33 bits per heavy atom. The third kappa shape index (κ3) is 3.53. The molecule has 0 aliphatic carbocycles. The van der Waals surface area contributed by atoms with Gasteiger partial charge in [-0.05, 0) is 31.4 Å². The molecule has 164 valence electrons. The van der Waals surface area contributed by atoms with Crippen LogP contribution >= 0.6 is 11.5 Å². The lowest BCUT2D eigenvalue weighted by atomic mass is 9.77. The molecule has 1 aliphatic rings. The molecule has 1 fully saturated rings. The molecule has 11 heteroatoms. The largest absolute Gasteiger partial charge is 0.493 e. The Bertz CT molecular complexity index is 964. The second kappa shape index (κ2) is 7.77. The zero-order valence-corrected chi connectivity index (χ0v) is 17.3. The molecule has 1 saturated heterocycles. The molecule has 1 amide bonds. The molecule has 0 unspecified atom stereocenters. The van der Waals surface area contributed by atoms with Gasteiger partial charge in [0, 0.05) is 22.8 Å². The van der Waals surface area contributed by atoms with E-state index in [0.29, 0.717) is 11.4 Å². The zero-order valence-electron chi connectivity index (χ0n) is 16.4. The number of hydrogen-bond acceptors (Lipinski definition) is 5. The summed E-state index contributed by atoms with van der Waals surface area (Å²) in [6, 6.07) is 1.90. The zero-order chi connectivity index (χ0) is 22.4. The number of alkyl halides is 3. The first-order chi connectivity index (χ1) is 13.9. The number of amides is 1. The first-order valence-corrected chi connectivity index (χ1v) is 9.74. The fourth-order valence-electron chi connectivity index (χ4n) is 3.66. The summed E-state index contributed by atoms with van der Waals surface area (Å²) in [6.45, 7) is 3.71. The monoisotopic (exact) mass is 450 g/mol. The maximum absolute atomic E-state index is 14.3. The van der Waals surface area contributed by atoms with Crippen molar-refractivity contribution < 1.29 is 36.2 Å². The third-order valence-corrected chi connectivity index (χ3v) is 6.30. The first kappa shape index (κ1) is 22.4. The van der Waals surface area contributed by atoms with E-state index in [9.17, 15) is 26.7 Å². The van der Waals surface area contributed by atoms with Crippen LogP contribution in [0.1, 0.15) is 31.0 Å². The molecule has 2 aromatic rings.